The molecule has 0 aliphatic rings. The van der Waals surface area contributed by atoms with Crippen LogP contribution in [0.5, 0.6) is 0 Å². The van der Waals surface area contributed by atoms with Gasteiger partial charge in [-0.3, -0.25) is 0 Å². The van der Waals surface area contributed by atoms with Crippen LogP contribution < -0.4 is 11.1 Å². The molecule has 0 saturated heterocycles. The molecule has 0 aromatic heterocycles. The van der Waals surface area contributed by atoms with Crippen molar-refractivity contribution in [1.82, 2.24) is 5.32 Å². The predicted octanol–water partition coefficient (Wildman–Crippen LogP) is 3.16. The third kappa shape index (κ3) is 8.42. The van der Waals surface area contributed by atoms with Gasteiger partial charge in [-0.1, -0.05) is 30.4 Å². The Morgan fingerprint density at radius 1 is 1.45 bits per heavy atom. The lowest BCUT2D eigenvalue weighted by Gasteiger charge is -2.06. The monoisotopic (exact) mass is 409 g/mol. The molecule has 0 aliphatic carbocycles. The molecule has 0 unspecified atom stereocenters. The number of thioether (sulfide) groups is 1. The fourth-order valence-electron chi connectivity index (χ4n) is 1.32. The van der Waals surface area contributed by atoms with E-state index in [1.807, 2.05) is 13.0 Å². The minimum Gasteiger partial charge on any atom is -0.370 e. The molecule has 0 bridgehead atoms. The smallest absolute Gasteiger partial charge is 0.188 e. The lowest BCUT2D eigenvalue weighted by molar-refractivity contribution is 0.617. The largest absolute Gasteiger partial charge is 0.370 e. The second-order valence-electron chi connectivity index (χ2n) is 4.23. The second-order valence-corrected chi connectivity index (χ2v) is 5.33. The Morgan fingerprint density at radius 2 is 2.15 bits per heavy atom. The van der Waals surface area contributed by atoms with Gasteiger partial charge in [0.15, 0.2) is 5.96 Å². The summed E-state index contributed by atoms with van der Waals surface area (Å²) in [4.78, 5) is 4.11. The molecule has 0 amide bonds. The summed E-state index contributed by atoms with van der Waals surface area (Å²) >= 11 is 1.66. The van der Waals surface area contributed by atoms with Crippen molar-refractivity contribution >= 4 is 41.7 Å². The Morgan fingerprint density at radius 3 is 2.80 bits per heavy atom. The summed E-state index contributed by atoms with van der Waals surface area (Å²) in [6, 6.07) is 6.83. The van der Waals surface area contributed by atoms with Crippen molar-refractivity contribution in [3.63, 3.8) is 0 Å². The molecule has 1 rings (SSSR count). The summed E-state index contributed by atoms with van der Waals surface area (Å²) < 4.78 is 13.3. The van der Waals surface area contributed by atoms with Crippen molar-refractivity contribution in [2.45, 2.75) is 12.7 Å². The molecule has 0 atom stereocenters. The van der Waals surface area contributed by atoms with Crippen molar-refractivity contribution in [1.29, 1.82) is 0 Å². The number of rotatable bonds is 7. The molecular weight excluding hydrogens is 388 g/mol. The highest BCUT2D eigenvalue weighted by atomic mass is 127. The van der Waals surface area contributed by atoms with Crippen molar-refractivity contribution in [3.8, 4) is 0 Å². The fourth-order valence-corrected chi connectivity index (χ4v) is 2.17. The molecular formula is C14H21FIN3S. The summed E-state index contributed by atoms with van der Waals surface area (Å²) in [5.74, 6) is 1.79. The maximum atomic E-state index is 13.3. The Kier molecular flexibility index (Phi) is 10.5. The van der Waals surface area contributed by atoms with Gasteiger partial charge in [0.25, 0.3) is 0 Å². The van der Waals surface area contributed by atoms with Crippen LogP contribution in [0.2, 0.25) is 0 Å². The molecule has 0 aliphatic heterocycles. The molecule has 0 radical (unpaired) electrons. The maximum absolute atomic E-state index is 13.3. The fraction of sp³-hybridized carbons (Fsp3) is 0.357. The number of halogens is 2. The van der Waals surface area contributed by atoms with Crippen LogP contribution >= 0.6 is 35.7 Å². The van der Waals surface area contributed by atoms with Crippen LogP contribution in [0, 0.1) is 5.82 Å². The maximum Gasteiger partial charge on any atom is 0.188 e. The number of aliphatic imine (C=N–C) groups is 1. The van der Waals surface area contributed by atoms with Gasteiger partial charge in [0.1, 0.15) is 5.82 Å². The Balaban J connectivity index is 0.00000361. The molecule has 0 fully saturated rings. The normalized spacial score (nSPS) is 10.8. The van der Waals surface area contributed by atoms with E-state index in [4.69, 9.17) is 5.73 Å². The summed E-state index contributed by atoms with van der Waals surface area (Å²) in [6.45, 7) is 6.91. The number of benzene rings is 1. The molecule has 20 heavy (non-hydrogen) atoms. The molecule has 0 saturated carbocycles. The number of guanidine groups is 1. The molecule has 112 valence electrons. The number of nitrogens with two attached hydrogens (primary N) is 1. The Bertz CT molecular complexity index is 452. The standard InChI is InChI=1S/C14H20FN3S.HI/c1-11(2)9-18-14(16)17-7-8-19-10-12-5-3-4-6-13(12)15;/h3-6H,1,7-10H2,2H3,(H3,16,17,18);1H. The SMILES string of the molecule is C=C(C)CN=C(N)NCCSCc1ccccc1F.I. The molecule has 1 aromatic rings. The van der Waals surface area contributed by atoms with E-state index >= 15 is 0 Å². The summed E-state index contributed by atoms with van der Waals surface area (Å²) in [5, 5.41) is 3.01. The van der Waals surface area contributed by atoms with Gasteiger partial charge < -0.3 is 11.1 Å². The van der Waals surface area contributed by atoms with Crippen molar-refractivity contribution in [2.75, 3.05) is 18.8 Å². The average molecular weight is 409 g/mol. The first-order chi connectivity index (χ1) is 9.09. The van der Waals surface area contributed by atoms with E-state index in [1.165, 1.54) is 6.07 Å². The molecule has 6 heteroatoms. The van der Waals surface area contributed by atoms with E-state index in [-0.39, 0.29) is 29.8 Å². The molecule has 0 heterocycles. The number of nitrogens with one attached hydrogen (secondary N) is 1. The zero-order valence-electron chi connectivity index (χ0n) is 11.6. The van der Waals surface area contributed by atoms with E-state index in [0.29, 0.717) is 24.8 Å². The van der Waals surface area contributed by atoms with Gasteiger partial charge in [-0.25, -0.2) is 9.38 Å². The zero-order chi connectivity index (χ0) is 14.1. The van der Waals surface area contributed by atoms with Gasteiger partial charge in [-0.2, -0.15) is 11.8 Å². The number of hydrogen-bond acceptors (Lipinski definition) is 2. The van der Waals surface area contributed by atoms with Crippen LogP contribution in [-0.2, 0) is 5.75 Å². The van der Waals surface area contributed by atoms with Crippen LogP contribution in [0.3, 0.4) is 0 Å². The quantitative estimate of drug-likeness (QED) is 0.239. The average Bonchev–Trinajstić information content (AvgIpc) is 2.38. The Hall–Kier alpha value is -0.760. The van der Waals surface area contributed by atoms with Gasteiger partial charge >= 0.3 is 0 Å². The van der Waals surface area contributed by atoms with Crippen LogP contribution in [0.15, 0.2) is 41.4 Å². The predicted molar refractivity (Wildman–Crippen MR) is 97.3 cm³/mol. The van der Waals surface area contributed by atoms with E-state index in [2.05, 4.69) is 16.9 Å². The van der Waals surface area contributed by atoms with Crippen LogP contribution in [0.1, 0.15) is 12.5 Å². The first kappa shape index (κ1) is 19.2. The Labute approximate surface area is 141 Å². The van der Waals surface area contributed by atoms with E-state index in [9.17, 15) is 4.39 Å². The van der Waals surface area contributed by atoms with Gasteiger partial charge in [0.2, 0.25) is 0 Å². The lowest BCUT2D eigenvalue weighted by Crippen LogP contribution is -2.33. The number of nitrogens with zero attached hydrogens (tertiary/aromatic N) is 1. The highest BCUT2D eigenvalue weighted by Gasteiger charge is 2.00. The third-order valence-corrected chi connectivity index (χ3v) is 3.30. The lowest BCUT2D eigenvalue weighted by atomic mass is 10.2. The number of hydrogen-bond donors (Lipinski definition) is 2. The highest BCUT2D eigenvalue weighted by molar-refractivity contribution is 14.0. The molecule has 3 N–H and O–H groups in total. The van der Waals surface area contributed by atoms with Crippen molar-refractivity contribution in [2.24, 2.45) is 10.7 Å². The van der Waals surface area contributed by atoms with Gasteiger partial charge in [-0.05, 0) is 18.6 Å². The van der Waals surface area contributed by atoms with Crippen molar-refractivity contribution in [3.05, 3.63) is 47.8 Å². The molecule has 3 nitrogen and oxygen atoms in total. The van der Waals surface area contributed by atoms with Crippen LogP contribution in [0.4, 0.5) is 4.39 Å². The van der Waals surface area contributed by atoms with E-state index in [1.54, 1.807) is 23.9 Å². The van der Waals surface area contributed by atoms with Crippen molar-refractivity contribution < 1.29 is 4.39 Å². The minimum atomic E-state index is -0.148. The summed E-state index contributed by atoms with van der Waals surface area (Å²) in [5.41, 5.74) is 7.37. The van der Waals surface area contributed by atoms with Crippen LogP contribution in [0.25, 0.3) is 0 Å². The minimum absolute atomic E-state index is 0. The zero-order valence-corrected chi connectivity index (χ0v) is 14.7. The van der Waals surface area contributed by atoms with Gasteiger partial charge in [0, 0.05) is 18.1 Å². The first-order valence-electron chi connectivity index (χ1n) is 6.09. The van der Waals surface area contributed by atoms with Crippen LogP contribution in [-0.4, -0.2) is 24.8 Å². The van der Waals surface area contributed by atoms with Gasteiger partial charge in [-0.15, -0.1) is 24.0 Å². The van der Waals surface area contributed by atoms with E-state index < -0.39 is 0 Å². The third-order valence-electron chi connectivity index (χ3n) is 2.29. The first-order valence-corrected chi connectivity index (χ1v) is 7.24. The second kappa shape index (κ2) is 11.0. The summed E-state index contributed by atoms with van der Waals surface area (Å²) in [7, 11) is 0. The topological polar surface area (TPSA) is 50.4 Å². The highest BCUT2D eigenvalue weighted by Crippen LogP contribution is 2.14. The molecule has 1 aromatic carbocycles. The summed E-state index contributed by atoms with van der Waals surface area (Å²) in [6.07, 6.45) is 0. The van der Waals surface area contributed by atoms with Gasteiger partial charge in [0.05, 0.1) is 6.54 Å². The molecule has 0 spiro atoms. The van der Waals surface area contributed by atoms with E-state index in [0.717, 1.165) is 16.9 Å².